The largest absolute Gasteiger partial charge is 0.340 e. The molecule has 156 valence electrons. The topological polar surface area (TPSA) is 90.0 Å². The Balaban J connectivity index is 2.02. The molecule has 4 rings (SSSR count). The zero-order chi connectivity index (χ0) is 21.5. The molecule has 0 amide bonds. The lowest BCUT2D eigenvalue weighted by atomic mass is 9.85. The molecule has 0 aliphatic carbocycles. The molecule has 1 atom stereocenters. The van der Waals surface area contributed by atoms with Crippen molar-refractivity contribution in [2.24, 2.45) is 0 Å². The quantitative estimate of drug-likeness (QED) is 0.470. The lowest BCUT2D eigenvalue weighted by Gasteiger charge is -2.33. The third kappa shape index (κ3) is 3.46. The van der Waals surface area contributed by atoms with Crippen molar-refractivity contribution in [3.63, 3.8) is 0 Å². The van der Waals surface area contributed by atoms with E-state index < -0.39 is 15.6 Å². The first-order valence-corrected chi connectivity index (χ1v) is 11.7. The van der Waals surface area contributed by atoms with Gasteiger partial charge in [-0.3, -0.25) is 4.72 Å². The smallest absolute Gasteiger partial charge is 0.229 e. The van der Waals surface area contributed by atoms with E-state index in [2.05, 4.69) is 19.4 Å². The second-order valence-electron chi connectivity index (χ2n) is 7.16. The van der Waals surface area contributed by atoms with Gasteiger partial charge in [-0.25, -0.2) is 8.42 Å². The summed E-state index contributed by atoms with van der Waals surface area (Å²) in [6, 6.07) is 14.9. The Bertz CT molecular complexity index is 1310. The Labute approximate surface area is 179 Å². The number of nitrogens with zero attached hydrogens (tertiary/aromatic N) is 3. The minimum absolute atomic E-state index is 0.465. The summed E-state index contributed by atoms with van der Waals surface area (Å²) in [6.07, 6.45) is 3.68. The second kappa shape index (κ2) is 7.45. The van der Waals surface area contributed by atoms with Gasteiger partial charge in [0.05, 0.1) is 17.5 Å². The maximum Gasteiger partial charge on any atom is 0.229 e. The van der Waals surface area contributed by atoms with Gasteiger partial charge in [0.2, 0.25) is 21.7 Å². The van der Waals surface area contributed by atoms with E-state index in [-0.39, 0.29) is 0 Å². The monoisotopic (exact) mass is 444 g/mol. The third-order valence-corrected chi connectivity index (χ3v) is 6.01. The van der Waals surface area contributed by atoms with Gasteiger partial charge in [0.25, 0.3) is 0 Å². The van der Waals surface area contributed by atoms with E-state index in [0.717, 1.165) is 22.7 Å². The molecule has 7 nitrogen and oxygen atoms in total. The number of fused-ring (bicyclic) bond motifs is 1. The molecule has 30 heavy (non-hydrogen) atoms. The Morgan fingerprint density at radius 1 is 1.17 bits per heavy atom. The molecular weight excluding hydrogens is 424 g/mol. The number of halogens is 1. The van der Waals surface area contributed by atoms with Crippen molar-refractivity contribution in [3.05, 3.63) is 77.0 Å². The molecule has 2 heterocycles. The Morgan fingerprint density at radius 2 is 1.90 bits per heavy atom. The standard InChI is InChI=1S/C21H21ClN4O3S/c1-4-21(20-23-14(2)29-24-20,15-8-10-16(22)11-9-15)26-13-12-17-18(25-30(3,27)28)6-5-7-19(17)26/h5-13,25H,4H2,1-3H3/t21-/m1/s1. The second-order valence-corrected chi connectivity index (χ2v) is 9.34. The highest BCUT2D eigenvalue weighted by Crippen LogP contribution is 2.40. The predicted molar refractivity (Wildman–Crippen MR) is 117 cm³/mol. The van der Waals surface area contributed by atoms with E-state index in [1.807, 2.05) is 55.6 Å². The molecule has 0 radical (unpaired) electrons. The molecule has 2 aromatic carbocycles. The zero-order valence-electron chi connectivity index (χ0n) is 16.8. The van der Waals surface area contributed by atoms with Crippen molar-refractivity contribution in [1.29, 1.82) is 0 Å². The van der Waals surface area contributed by atoms with E-state index in [1.54, 1.807) is 13.0 Å². The maximum absolute atomic E-state index is 11.8. The van der Waals surface area contributed by atoms with Crippen molar-refractivity contribution in [1.82, 2.24) is 14.7 Å². The normalized spacial score (nSPS) is 14.0. The third-order valence-electron chi connectivity index (χ3n) is 5.17. The van der Waals surface area contributed by atoms with Crippen LogP contribution in [0.4, 0.5) is 5.69 Å². The molecule has 4 aromatic rings. The Morgan fingerprint density at radius 3 is 2.50 bits per heavy atom. The Hall–Kier alpha value is -2.84. The molecule has 0 fully saturated rings. The van der Waals surface area contributed by atoms with Crippen molar-refractivity contribution in [3.8, 4) is 0 Å². The molecule has 0 bridgehead atoms. The summed E-state index contributed by atoms with van der Waals surface area (Å²) < 4.78 is 33.6. The van der Waals surface area contributed by atoms with E-state index in [1.165, 1.54) is 0 Å². The molecule has 0 saturated carbocycles. The van der Waals surface area contributed by atoms with Gasteiger partial charge in [-0.1, -0.05) is 41.9 Å². The van der Waals surface area contributed by atoms with Gasteiger partial charge in [-0.15, -0.1) is 0 Å². The van der Waals surface area contributed by atoms with Gasteiger partial charge in [0, 0.05) is 23.5 Å². The van der Waals surface area contributed by atoms with Crippen LogP contribution in [0.1, 0.15) is 30.6 Å². The van der Waals surface area contributed by atoms with Gasteiger partial charge in [-0.2, -0.15) is 4.98 Å². The minimum atomic E-state index is -3.42. The van der Waals surface area contributed by atoms with Gasteiger partial charge in [0.15, 0.2) is 0 Å². The number of hydrogen-bond acceptors (Lipinski definition) is 5. The van der Waals surface area contributed by atoms with Crippen LogP contribution in [0, 0.1) is 6.92 Å². The first kappa shape index (κ1) is 20.4. The van der Waals surface area contributed by atoms with Gasteiger partial charge >= 0.3 is 0 Å². The minimum Gasteiger partial charge on any atom is -0.340 e. The lowest BCUT2D eigenvalue weighted by Crippen LogP contribution is -2.36. The maximum atomic E-state index is 11.8. The SMILES string of the molecule is CC[C@@](c1ccc(Cl)cc1)(c1noc(C)n1)n1ccc2c(NS(C)(=O)=O)cccc21. The van der Waals surface area contributed by atoms with Crippen LogP contribution in [0.25, 0.3) is 10.9 Å². The van der Waals surface area contributed by atoms with Crippen LogP contribution in [0.15, 0.2) is 59.3 Å². The summed E-state index contributed by atoms with van der Waals surface area (Å²) in [6.45, 7) is 3.80. The van der Waals surface area contributed by atoms with Crippen LogP contribution in [-0.2, 0) is 15.6 Å². The van der Waals surface area contributed by atoms with E-state index in [4.69, 9.17) is 16.1 Å². The molecule has 0 aliphatic rings. The van der Waals surface area contributed by atoms with Crippen LogP contribution >= 0.6 is 11.6 Å². The molecule has 0 aliphatic heterocycles. The number of aryl methyl sites for hydroxylation is 1. The molecule has 0 saturated heterocycles. The number of hydrogen-bond donors (Lipinski definition) is 1. The number of sulfonamides is 1. The summed E-state index contributed by atoms with van der Waals surface area (Å²) in [5.41, 5.74) is 1.52. The number of rotatable bonds is 6. The highest BCUT2D eigenvalue weighted by atomic mass is 35.5. The van der Waals surface area contributed by atoms with Crippen LogP contribution in [0.2, 0.25) is 5.02 Å². The average molecular weight is 445 g/mol. The number of nitrogens with one attached hydrogen (secondary N) is 1. The van der Waals surface area contributed by atoms with Gasteiger partial charge < -0.3 is 9.09 Å². The highest BCUT2D eigenvalue weighted by Gasteiger charge is 2.40. The summed E-state index contributed by atoms with van der Waals surface area (Å²) in [4.78, 5) is 4.55. The highest BCUT2D eigenvalue weighted by molar-refractivity contribution is 7.92. The fraction of sp³-hybridized carbons (Fsp3) is 0.238. The summed E-state index contributed by atoms with van der Waals surface area (Å²) >= 11 is 6.14. The number of aromatic nitrogens is 3. The van der Waals surface area contributed by atoms with Crippen LogP contribution in [-0.4, -0.2) is 29.4 Å². The molecule has 0 unspecified atom stereocenters. The van der Waals surface area contributed by atoms with E-state index in [0.29, 0.717) is 28.8 Å². The van der Waals surface area contributed by atoms with Gasteiger partial charge in [-0.05, 0) is 42.3 Å². The Kier molecular flexibility index (Phi) is 5.07. The molecular formula is C21H21ClN4O3S. The van der Waals surface area contributed by atoms with Crippen LogP contribution < -0.4 is 4.72 Å². The van der Waals surface area contributed by atoms with E-state index in [9.17, 15) is 8.42 Å². The first-order valence-electron chi connectivity index (χ1n) is 9.40. The fourth-order valence-electron chi connectivity index (χ4n) is 3.89. The predicted octanol–water partition coefficient (Wildman–Crippen LogP) is 4.56. The molecule has 1 N–H and O–H groups in total. The van der Waals surface area contributed by atoms with Crippen LogP contribution in [0.3, 0.4) is 0 Å². The lowest BCUT2D eigenvalue weighted by molar-refractivity contribution is 0.348. The zero-order valence-corrected chi connectivity index (χ0v) is 18.3. The average Bonchev–Trinajstić information content (AvgIpc) is 3.31. The molecule has 9 heteroatoms. The summed E-state index contributed by atoms with van der Waals surface area (Å²) in [5, 5.41) is 5.65. The van der Waals surface area contributed by atoms with Gasteiger partial charge in [0.1, 0.15) is 5.54 Å². The number of anilines is 1. The van der Waals surface area contributed by atoms with Crippen molar-refractivity contribution in [2.75, 3.05) is 11.0 Å². The van der Waals surface area contributed by atoms with E-state index >= 15 is 0 Å². The molecule has 2 aromatic heterocycles. The number of benzene rings is 2. The van der Waals surface area contributed by atoms with Crippen molar-refractivity contribution in [2.45, 2.75) is 25.8 Å². The van der Waals surface area contributed by atoms with Crippen LogP contribution in [0.5, 0.6) is 0 Å². The van der Waals surface area contributed by atoms with Crippen molar-refractivity contribution >= 4 is 38.2 Å². The summed E-state index contributed by atoms with van der Waals surface area (Å²) in [7, 11) is -3.42. The summed E-state index contributed by atoms with van der Waals surface area (Å²) in [5.74, 6) is 0.983. The van der Waals surface area contributed by atoms with Crippen molar-refractivity contribution < 1.29 is 12.9 Å². The first-order chi connectivity index (χ1) is 14.2. The molecule has 0 spiro atoms. The fourth-order valence-corrected chi connectivity index (χ4v) is 4.59.